The molecule has 0 saturated heterocycles. The number of aromatic nitrogens is 1. The Morgan fingerprint density at radius 3 is 2.56 bits per heavy atom. The summed E-state index contributed by atoms with van der Waals surface area (Å²) in [5, 5.41) is 20.4. The van der Waals surface area contributed by atoms with Crippen LogP contribution in [0.2, 0.25) is 0 Å². The Kier molecular flexibility index (Phi) is 4.22. The van der Waals surface area contributed by atoms with E-state index in [9.17, 15) is 8.42 Å². The van der Waals surface area contributed by atoms with Crippen LogP contribution < -0.4 is 5.32 Å². The van der Waals surface area contributed by atoms with Gasteiger partial charge in [-0.05, 0) is 12.1 Å². The van der Waals surface area contributed by atoms with Gasteiger partial charge in [0.2, 0.25) is 0 Å². The summed E-state index contributed by atoms with van der Waals surface area (Å²) in [5.41, 5.74) is 0. The Hall–Kier alpha value is -1.18. The van der Waals surface area contributed by atoms with E-state index in [1.165, 1.54) is 18.3 Å². The van der Waals surface area contributed by atoms with Crippen LogP contribution in [0.3, 0.4) is 0 Å². The fourth-order valence-electron chi connectivity index (χ4n) is 1.14. The zero-order valence-electron chi connectivity index (χ0n) is 8.79. The first-order valence-corrected chi connectivity index (χ1v) is 6.51. The minimum Gasteiger partial charge on any atom is -0.394 e. The third-order valence-electron chi connectivity index (χ3n) is 1.95. The predicted octanol–water partition coefficient (Wildman–Crippen LogP) is -0.750. The van der Waals surface area contributed by atoms with E-state index in [0.717, 1.165) is 6.26 Å². The number of nitrogens with one attached hydrogen (secondary N) is 1. The fraction of sp³-hybridized carbons (Fsp3) is 0.444. The van der Waals surface area contributed by atoms with Crippen LogP contribution in [0.5, 0.6) is 0 Å². The summed E-state index contributed by atoms with van der Waals surface area (Å²) in [7, 11) is -3.38. The maximum Gasteiger partial charge on any atom is 0.179 e. The SMILES string of the molecule is CS(=O)(=O)c1cccnc1NC(CO)CO. The second-order valence-corrected chi connectivity index (χ2v) is 5.31. The second-order valence-electron chi connectivity index (χ2n) is 3.33. The van der Waals surface area contributed by atoms with E-state index in [1.54, 1.807) is 0 Å². The summed E-state index contributed by atoms with van der Waals surface area (Å²) in [6, 6.07) is 2.29. The van der Waals surface area contributed by atoms with Crippen LogP contribution >= 0.6 is 0 Å². The van der Waals surface area contributed by atoms with E-state index in [0.29, 0.717) is 0 Å². The molecule has 0 unspecified atom stereocenters. The molecule has 7 heteroatoms. The van der Waals surface area contributed by atoms with Crippen LogP contribution in [0.25, 0.3) is 0 Å². The van der Waals surface area contributed by atoms with Gasteiger partial charge in [0.1, 0.15) is 10.7 Å². The van der Waals surface area contributed by atoms with Crippen LogP contribution in [-0.4, -0.2) is 49.1 Å². The fourth-order valence-corrected chi connectivity index (χ4v) is 1.93. The molecule has 0 aliphatic heterocycles. The molecular weight excluding hydrogens is 232 g/mol. The molecule has 1 aromatic rings. The summed E-state index contributed by atoms with van der Waals surface area (Å²) in [6.45, 7) is -0.618. The molecular formula is C9H14N2O4S. The molecule has 0 bridgehead atoms. The van der Waals surface area contributed by atoms with Gasteiger partial charge in [-0.25, -0.2) is 13.4 Å². The van der Waals surface area contributed by atoms with Crippen molar-refractivity contribution in [1.29, 1.82) is 0 Å². The summed E-state index contributed by atoms with van der Waals surface area (Å²) < 4.78 is 22.8. The molecule has 0 saturated carbocycles. The quantitative estimate of drug-likeness (QED) is 0.632. The van der Waals surface area contributed by atoms with Crippen molar-refractivity contribution in [2.45, 2.75) is 10.9 Å². The highest BCUT2D eigenvalue weighted by Crippen LogP contribution is 2.18. The van der Waals surface area contributed by atoms with Crippen LogP contribution in [0.15, 0.2) is 23.2 Å². The normalized spacial score (nSPS) is 11.8. The van der Waals surface area contributed by atoms with E-state index in [4.69, 9.17) is 10.2 Å². The van der Waals surface area contributed by atoms with Gasteiger partial charge in [0.25, 0.3) is 0 Å². The number of anilines is 1. The van der Waals surface area contributed by atoms with Crippen molar-refractivity contribution in [2.75, 3.05) is 24.8 Å². The highest BCUT2D eigenvalue weighted by Gasteiger charge is 2.16. The van der Waals surface area contributed by atoms with Gasteiger partial charge in [0, 0.05) is 12.5 Å². The van der Waals surface area contributed by atoms with Crippen LogP contribution in [0, 0.1) is 0 Å². The number of nitrogens with zero attached hydrogens (tertiary/aromatic N) is 1. The number of hydrogen-bond acceptors (Lipinski definition) is 6. The molecule has 0 spiro atoms. The first-order valence-electron chi connectivity index (χ1n) is 4.62. The lowest BCUT2D eigenvalue weighted by molar-refractivity contribution is 0.203. The van der Waals surface area contributed by atoms with Gasteiger partial charge >= 0.3 is 0 Å². The number of hydrogen-bond donors (Lipinski definition) is 3. The van der Waals surface area contributed by atoms with Gasteiger partial charge in [-0.15, -0.1) is 0 Å². The Bertz CT molecular complexity index is 443. The van der Waals surface area contributed by atoms with Crippen molar-refractivity contribution < 1.29 is 18.6 Å². The van der Waals surface area contributed by atoms with Gasteiger partial charge in [-0.3, -0.25) is 0 Å². The molecule has 16 heavy (non-hydrogen) atoms. The molecule has 1 rings (SSSR count). The van der Waals surface area contributed by atoms with Crippen LogP contribution in [-0.2, 0) is 9.84 Å². The molecule has 0 amide bonds. The molecule has 0 aliphatic carbocycles. The van der Waals surface area contributed by atoms with Crippen LogP contribution in [0.1, 0.15) is 0 Å². The van der Waals surface area contributed by atoms with Gasteiger partial charge in [0.05, 0.1) is 19.3 Å². The lowest BCUT2D eigenvalue weighted by Crippen LogP contribution is -2.29. The van der Waals surface area contributed by atoms with Gasteiger partial charge in [-0.1, -0.05) is 0 Å². The largest absolute Gasteiger partial charge is 0.394 e. The van der Waals surface area contributed by atoms with E-state index >= 15 is 0 Å². The van der Waals surface area contributed by atoms with Gasteiger partial charge < -0.3 is 15.5 Å². The maximum absolute atomic E-state index is 11.4. The molecule has 90 valence electrons. The van der Waals surface area contributed by atoms with E-state index in [2.05, 4.69) is 10.3 Å². The summed E-state index contributed by atoms with van der Waals surface area (Å²) in [4.78, 5) is 3.91. The Morgan fingerprint density at radius 2 is 2.06 bits per heavy atom. The van der Waals surface area contributed by atoms with Crippen molar-refractivity contribution in [3.63, 3.8) is 0 Å². The smallest absolute Gasteiger partial charge is 0.179 e. The monoisotopic (exact) mass is 246 g/mol. The number of rotatable bonds is 5. The number of aliphatic hydroxyl groups is 2. The summed E-state index contributed by atoms with van der Waals surface area (Å²) >= 11 is 0. The van der Waals surface area contributed by atoms with Crippen molar-refractivity contribution >= 4 is 15.7 Å². The molecule has 0 atom stereocenters. The molecule has 1 aromatic heterocycles. The average molecular weight is 246 g/mol. The zero-order chi connectivity index (χ0) is 12.2. The first-order chi connectivity index (χ1) is 7.49. The average Bonchev–Trinajstić information content (AvgIpc) is 2.25. The minimum atomic E-state index is -3.38. The summed E-state index contributed by atoms with van der Waals surface area (Å²) in [5.74, 6) is 0.137. The standard InChI is InChI=1S/C9H14N2O4S/c1-16(14,15)8-3-2-4-10-9(8)11-7(5-12)6-13/h2-4,7,12-13H,5-6H2,1H3,(H,10,11). The van der Waals surface area contributed by atoms with Crippen molar-refractivity contribution in [2.24, 2.45) is 0 Å². The topological polar surface area (TPSA) is 99.5 Å². The highest BCUT2D eigenvalue weighted by molar-refractivity contribution is 7.90. The van der Waals surface area contributed by atoms with Gasteiger partial charge in [-0.2, -0.15) is 0 Å². The predicted molar refractivity (Wildman–Crippen MR) is 58.9 cm³/mol. The van der Waals surface area contributed by atoms with E-state index in [1.807, 2.05) is 0 Å². The molecule has 0 radical (unpaired) electrons. The van der Waals surface area contributed by atoms with E-state index < -0.39 is 15.9 Å². The highest BCUT2D eigenvalue weighted by atomic mass is 32.2. The zero-order valence-corrected chi connectivity index (χ0v) is 9.61. The maximum atomic E-state index is 11.4. The molecule has 6 nitrogen and oxygen atoms in total. The van der Waals surface area contributed by atoms with Crippen molar-refractivity contribution in [3.8, 4) is 0 Å². The number of aliphatic hydroxyl groups excluding tert-OH is 2. The third kappa shape index (κ3) is 3.16. The molecule has 3 N–H and O–H groups in total. The second kappa shape index (κ2) is 5.24. The number of sulfone groups is 1. The van der Waals surface area contributed by atoms with Crippen LogP contribution in [0.4, 0.5) is 5.82 Å². The Labute approximate surface area is 93.9 Å². The lowest BCUT2D eigenvalue weighted by atomic mass is 10.3. The first kappa shape index (κ1) is 12.9. The van der Waals surface area contributed by atoms with E-state index in [-0.39, 0.29) is 23.9 Å². The number of pyridine rings is 1. The molecule has 0 aromatic carbocycles. The van der Waals surface area contributed by atoms with Crippen molar-refractivity contribution in [1.82, 2.24) is 4.98 Å². The molecule has 0 aliphatic rings. The Morgan fingerprint density at radius 1 is 1.44 bits per heavy atom. The van der Waals surface area contributed by atoms with Gasteiger partial charge in [0.15, 0.2) is 9.84 Å². The Balaban J connectivity index is 3.05. The van der Waals surface area contributed by atoms with Crippen molar-refractivity contribution in [3.05, 3.63) is 18.3 Å². The third-order valence-corrected chi connectivity index (χ3v) is 3.08. The molecule has 1 heterocycles. The molecule has 0 fully saturated rings. The summed E-state index contributed by atoms with van der Waals surface area (Å²) in [6.07, 6.45) is 2.50. The minimum absolute atomic E-state index is 0.0434. The lowest BCUT2D eigenvalue weighted by Gasteiger charge is -2.15.